The van der Waals surface area contributed by atoms with Crippen molar-refractivity contribution in [1.29, 1.82) is 0 Å². The topological polar surface area (TPSA) is 88.4 Å². The molecule has 0 fully saturated rings. The summed E-state index contributed by atoms with van der Waals surface area (Å²) in [6.07, 6.45) is 2.70. The summed E-state index contributed by atoms with van der Waals surface area (Å²) in [7, 11) is -3.55. The number of benzene rings is 1. The van der Waals surface area contributed by atoms with Crippen LogP contribution in [0.15, 0.2) is 53.1 Å². The van der Waals surface area contributed by atoms with Crippen molar-refractivity contribution in [1.82, 2.24) is 10.0 Å². The number of hydrogen-bond acceptors (Lipinski definition) is 4. The molecule has 1 atom stereocenters. The third-order valence-electron chi connectivity index (χ3n) is 3.99. The summed E-state index contributed by atoms with van der Waals surface area (Å²) in [6, 6.07) is 12.4. The minimum Gasteiger partial charge on any atom is -0.467 e. The highest BCUT2D eigenvalue weighted by molar-refractivity contribution is 7.89. The van der Waals surface area contributed by atoms with Gasteiger partial charge in [0.25, 0.3) is 0 Å². The van der Waals surface area contributed by atoms with Crippen molar-refractivity contribution >= 4 is 15.9 Å². The van der Waals surface area contributed by atoms with Crippen LogP contribution in [-0.4, -0.2) is 26.1 Å². The molecule has 0 saturated heterocycles. The molecule has 0 bridgehead atoms. The van der Waals surface area contributed by atoms with Crippen LogP contribution in [0.3, 0.4) is 0 Å². The maximum atomic E-state index is 12.4. The van der Waals surface area contributed by atoms with Gasteiger partial charge in [-0.3, -0.25) is 4.79 Å². The molecule has 7 heteroatoms. The molecule has 0 radical (unpaired) electrons. The zero-order chi connectivity index (χ0) is 19.0. The molecule has 1 heterocycles. The van der Waals surface area contributed by atoms with E-state index in [2.05, 4.69) is 10.0 Å². The molecule has 6 nitrogen and oxygen atoms in total. The molecule has 0 unspecified atom stereocenters. The maximum Gasteiger partial charge on any atom is 0.238 e. The Hall–Kier alpha value is -2.12. The Bertz CT molecular complexity index is 771. The molecule has 1 aromatic carbocycles. The highest BCUT2D eigenvalue weighted by Gasteiger charge is 2.27. The Morgan fingerprint density at radius 1 is 1.12 bits per heavy atom. The summed E-state index contributed by atoms with van der Waals surface area (Å²) in [4.78, 5) is 12.4. The highest BCUT2D eigenvalue weighted by atomic mass is 32.2. The summed E-state index contributed by atoms with van der Waals surface area (Å²) in [6.45, 7) is 3.85. The zero-order valence-electron chi connectivity index (χ0n) is 15.1. The Morgan fingerprint density at radius 2 is 1.85 bits per heavy atom. The third kappa shape index (κ3) is 6.65. The molecule has 142 valence electrons. The fourth-order valence-electron chi connectivity index (χ4n) is 2.55. The lowest BCUT2D eigenvalue weighted by molar-refractivity contribution is -0.123. The normalized spacial score (nSPS) is 12.9. The number of carbonyl (C=O) groups is 1. The van der Waals surface area contributed by atoms with Gasteiger partial charge in [-0.1, -0.05) is 44.2 Å². The molecular formula is C19H26N2O4S. The lowest BCUT2D eigenvalue weighted by atomic mass is 10.1. The van der Waals surface area contributed by atoms with Crippen LogP contribution >= 0.6 is 0 Å². The minimum atomic E-state index is -3.55. The van der Waals surface area contributed by atoms with E-state index >= 15 is 0 Å². The summed E-state index contributed by atoms with van der Waals surface area (Å²) in [5.74, 6) is 0.0708. The van der Waals surface area contributed by atoms with Gasteiger partial charge in [-0.15, -0.1) is 0 Å². The number of hydrogen-bond donors (Lipinski definition) is 2. The minimum absolute atomic E-state index is 0.0173. The Kier molecular flexibility index (Phi) is 7.41. The van der Waals surface area contributed by atoms with E-state index in [4.69, 9.17) is 4.42 Å². The standard InChI is InChI=1S/C19H26N2O4S/c1-15(2)18(19(22)20-14-17-11-6-12-25-17)21-26(23,24)13-7-10-16-8-4-3-5-9-16/h3-6,8-9,11-12,15,18,21H,7,10,13-14H2,1-2H3,(H,20,22)/t18-/m0/s1. The summed E-state index contributed by atoms with van der Waals surface area (Å²) in [5.41, 5.74) is 1.10. The van der Waals surface area contributed by atoms with Crippen molar-refractivity contribution in [2.24, 2.45) is 5.92 Å². The summed E-state index contributed by atoms with van der Waals surface area (Å²) in [5, 5.41) is 2.71. The summed E-state index contributed by atoms with van der Waals surface area (Å²) >= 11 is 0. The largest absolute Gasteiger partial charge is 0.467 e. The highest BCUT2D eigenvalue weighted by Crippen LogP contribution is 2.08. The van der Waals surface area contributed by atoms with E-state index < -0.39 is 16.1 Å². The van der Waals surface area contributed by atoms with E-state index in [-0.39, 0.29) is 24.1 Å². The molecule has 2 aromatic rings. The third-order valence-corrected chi connectivity index (χ3v) is 5.43. The van der Waals surface area contributed by atoms with E-state index in [0.29, 0.717) is 18.6 Å². The van der Waals surface area contributed by atoms with Crippen molar-refractivity contribution in [2.75, 3.05) is 5.75 Å². The number of aryl methyl sites for hydroxylation is 1. The van der Waals surface area contributed by atoms with Gasteiger partial charge >= 0.3 is 0 Å². The second kappa shape index (κ2) is 9.54. The first kappa shape index (κ1) is 20.2. The average molecular weight is 378 g/mol. The van der Waals surface area contributed by atoms with Crippen LogP contribution in [0, 0.1) is 5.92 Å². The van der Waals surface area contributed by atoms with Crippen LogP contribution in [0.5, 0.6) is 0 Å². The van der Waals surface area contributed by atoms with E-state index in [1.165, 1.54) is 6.26 Å². The maximum absolute atomic E-state index is 12.4. The average Bonchev–Trinajstić information content (AvgIpc) is 3.12. The lowest BCUT2D eigenvalue weighted by Crippen LogP contribution is -2.50. The molecular weight excluding hydrogens is 352 g/mol. The quantitative estimate of drug-likeness (QED) is 0.665. The smallest absolute Gasteiger partial charge is 0.238 e. The predicted octanol–water partition coefficient (Wildman–Crippen LogP) is 2.47. The van der Waals surface area contributed by atoms with Crippen LogP contribution in [0.25, 0.3) is 0 Å². The van der Waals surface area contributed by atoms with E-state index in [1.54, 1.807) is 12.1 Å². The number of furan rings is 1. The fraction of sp³-hybridized carbons (Fsp3) is 0.421. The number of carbonyl (C=O) groups excluding carboxylic acids is 1. The number of nitrogens with one attached hydrogen (secondary N) is 2. The second-order valence-electron chi connectivity index (χ2n) is 6.54. The van der Waals surface area contributed by atoms with Crippen LogP contribution in [0.4, 0.5) is 0 Å². The molecule has 0 aliphatic rings. The first-order valence-electron chi connectivity index (χ1n) is 8.71. The van der Waals surface area contributed by atoms with Gasteiger partial charge in [0, 0.05) is 0 Å². The van der Waals surface area contributed by atoms with Crippen LogP contribution < -0.4 is 10.0 Å². The Balaban J connectivity index is 1.86. The molecule has 26 heavy (non-hydrogen) atoms. The molecule has 1 aromatic heterocycles. The van der Waals surface area contributed by atoms with E-state index in [0.717, 1.165) is 5.56 Å². The van der Waals surface area contributed by atoms with Gasteiger partial charge in [0.05, 0.1) is 18.6 Å². The Morgan fingerprint density at radius 3 is 2.46 bits per heavy atom. The lowest BCUT2D eigenvalue weighted by Gasteiger charge is -2.21. The number of sulfonamides is 1. The molecule has 0 aliphatic carbocycles. The van der Waals surface area contributed by atoms with E-state index in [9.17, 15) is 13.2 Å². The van der Waals surface area contributed by atoms with Gasteiger partial charge < -0.3 is 9.73 Å². The van der Waals surface area contributed by atoms with Crippen LogP contribution in [0.2, 0.25) is 0 Å². The first-order valence-corrected chi connectivity index (χ1v) is 10.4. The van der Waals surface area contributed by atoms with Gasteiger partial charge in [-0.2, -0.15) is 0 Å². The first-order chi connectivity index (χ1) is 12.4. The van der Waals surface area contributed by atoms with Crippen molar-refractivity contribution in [3.8, 4) is 0 Å². The molecule has 0 aliphatic heterocycles. The number of amides is 1. The predicted molar refractivity (Wildman–Crippen MR) is 101 cm³/mol. The van der Waals surface area contributed by atoms with Crippen molar-refractivity contribution < 1.29 is 17.6 Å². The molecule has 0 spiro atoms. The van der Waals surface area contributed by atoms with Gasteiger partial charge in [0.15, 0.2) is 0 Å². The summed E-state index contributed by atoms with van der Waals surface area (Å²) < 4.78 is 32.4. The van der Waals surface area contributed by atoms with Crippen molar-refractivity contribution in [3.63, 3.8) is 0 Å². The monoisotopic (exact) mass is 378 g/mol. The van der Waals surface area contributed by atoms with Gasteiger partial charge in [-0.05, 0) is 36.5 Å². The SMILES string of the molecule is CC(C)[C@H](NS(=O)(=O)CCCc1ccccc1)C(=O)NCc1ccco1. The van der Waals surface area contributed by atoms with Crippen molar-refractivity contribution in [3.05, 3.63) is 60.1 Å². The second-order valence-corrected chi connectivity index (χ2v) is 8.42. The number of rotatable bonds is 10. The molecule has 0 saturated carbocycles. The molecule has 2 rings (SSSR count). The van der Waals surface area contributed by atoms with Crippen LogP contribution in [-0.2, 0) is 27.8 Å². The van der Waals surface area contributed by atoms with Crippen molar-refractivity contribution in [2.45, 2.75) is 39.3 Å². The Labute approximate surface area is 155 Å². The van der Waals surface area contributed by atoms with Gasteiger partial charge in [-0.25, -0.2) is 13.1 Å². The molecule has 1 amide bonds. The molecule has 2 N–H and O–H groups in total. The zero-order valence-corrected chi connectivity index (χ0v) is 16.0. The van der Waals surface area contributed by atoms with E-state index in [1.807, 2.05) is 44.2 Å². The van der Waals surface area contributed by atoms with Gasteiger partial charge in [0.2, 0.25) is 15.9 Å². The van der Waals surface area contributed by atoms with Gasteiger partial charge in [0.1, 0.15) is 11.8 Å². The fourth-order valence-corrected chi connectivity index (χ4v) is 3.96. The van der Waals surface area contributed by atoms with Crippen LogP contribution in [0.1, 0.15) is 31.6 Å².